The molecule has 8 rings (SSSR count). The van der Waals surface area contributed by atoms with Crippen molar-refractivity contribution < 1.29 is 113 Å². The lowest BCUT2D eigenvalue weighted by atomic mass is 9.33. The Morgan fingerprint density at radius 1 is 0.766 bits per heavy atom. The van der Waals surface area contributed by atoms with E-state index in [0.717, 1.165) is 11.9 Å². The van der Waals surface area contributed by atoms with Crippen molar-refractivity contribution in [2.24, 2.45) is 50.2 Å². The highest BCUT2D eigenvalue weighted by Crippen LogP contribution is 2.76. The van der Waals surface area contributed by atoms with Crippen LogP contribution in [0.15, 0.2) is 23.3 Å². The van der Waals surface area contributed by atoms with Gasteiger partial charge in [-0.2, -0.15) is 0 Å². The normalized spacial score (nSPS) is 50.6. The van der Waals surface area contributed by atoms with E-state index >= 15 is 0 Å². The van der Waals surface area contributed by atoms with Gasteiger partial charge in [-0.25, -0.2) is 9.59 Å². The number of rotatable bonds is 13. The van der Waals surface area contributed by atoms with Crippen molar-refractivity contribution in [3.63, 3.8) is 0 Å². The maximum Gasteiger partial charge on any atom is 0.335 e. The highest BCUT2D eigenvalue weighted by Gasteiger charge is 2.74. The van der Waals surface area contributed by atoms with Crippen molar-refractivity contribution in [3.8, 4) is 0 Å². The molecule has 0 aromatic carbocycles. The molecule has 3 heterocycles. The molecule has 0 spiro atoms. The highest BCUT2D eigenvalue weighted by molar-refractivity contribution is 5.87. The van der Waals surface area contributed by atoms with Gasteiger partial charge < -0.3 is 98.9 Å². The van der Waals surface area contributed by atoms with Gasteiger partial charge in [-0.1, -0.05) is 59.3 Å². The van der Waals surface area contributed by atoms with Gasteiger partial charge in [-0.15, -0.1) is 0 Å². The largest absolute Gasteiger partial charge is 0.479 e. The molecule has 7 fully saturated rings. The zero-order chi connectivity index (χ0) is 56.9. The molecule has 0 amide bonds. The van der Waals surface area contributed by atoms with Crippen molar-refractivity contribution >= 4 is 24.2 Å². The predicted octanol–water partition coefficient (Wildman–Crippen LogP) is -0.475. The lowest BCUT2D eigenvalue weighted by molar-refractivity contribution is -0.391. The third-order valence-electron chi connectivity index (χ3n) is 20.5. The number of aldehydes is 1. The van der Waals surface area contributed by atoms with Crippen molar-refractivity contribution in [2.45, 2.75) is 218 Å². The number of fused-ring (bicyclic) bond motifs is 7. The Morgan fingerprint density at radius 3 is 2.05 bits per heavy atom. The van der Waals surface area contributed by atoms with E-state index < -0.39 is 186 Å². The van der Waals surface area contributed by atoms with Gasteiger partial charge in [-0.3, -0.25) is 4.79 Å². The number of carbonyl (C=O) groups excluding carboxylic acids is 3. The fraction of sp³-hybridized carbons (Fsp3) is 0.852. The molecular weight excluding hydrogens is 1020 g/mol. The van der Waals surface area contributed by atoms with Gasteiger partial charge >= 0.3 is 17.9 Å². The predicted molar refractivity (Wildman–Crippen MR) is 262 cm³/mol. The van der Waals surface area contributed by atoms with Gasteiger partial charge in [0.1, 0.15) is 86.1 Å². The average molecular weight is 1100 g/mol. The van der Waals surface area contributed by atoms with Gasteiger partial charge in [0.2, 0.25) is 0 Å². The van der Waals surface area contributed by atoms with Gasteiger partial charge in [0.25, 0.3) is 0 Å². The van der Waals surface area contributed by atoms with Crippen LogP contribution in [0, 0.1) is 50.2 Å². The van der Waals surface area contributed by atoms with Crippen LogP contribution < -0.4 is 0 Å². The molecular formula is C54H82O23. The second-order valence-electron chi connectivity index (χ2n) is 24.9. The number of esters is 2. The van der Waals surface area contributed by atoms with Gasteiger partial charge in [0.15, 0.2) is 25.0 Å². The number of carbonyl (C=O) groups is 4. The number of hydrogen-bond acceptors (Lipinski definition) is 22. The van der Waals surface area contributed by atoms with Crippen LogP contribution in [0.25, 0.3) is 0 Å². The van der Waals surface area contributed by atoms with Crippen molar-refractivity contribution in [1.29, 1.82) is 0 Å². The summed E-state index contributed by atoms with van der Waals surface area (Å²) in [4.78, 5) is 52.7. The van der Waals surface area contributed by atoms with Crippen LogP contribution in [0.3, 0.4) is 0 Å². The average Bonchev–Trinajstić information content (AvgIpc) is 3.51. The Bertz CT molecular complexity index is 2270. The molecule has 0 unspecified atom stereocenters. The summed E-state index contributed by atoms with van der Waals surface area (Å²) in [5.41, 5.74) is -4.13. The summed E-state index contributed by atoms with van der Waals surface area (Å²) >= 11 is 0. The number of hydrogen-bond donors (Lipinski definition) is 11. The van der Waals surface area contributed by atoms with Crippen LogP contribution in [0.5, 0.6) is 0 Å². The summed E-state index contributed by atoms with van der Waals surface area (Å²) in [6, 6.07) is 0. The Labute approximate surface area is 447 Å². The maximum atomic E-state index is 14.0. The number of aliphatic hydroxyl groups excluding tert-OH is 10. The van der Waals surface area contributed by atoms with Crippen molar-refractivity contribution in [3.05, 3.63) is 23.3 Å². The molecule has 11 N–H and O–H groups in total. The number of aliphatic hydroxyl groups is 10. The van der Waals surface area contributed by atoms with Crippen LogP contribution in [0.4, 0.5) is 0 Å². The summed E-state index contributed by atoms with van der Waals surface area (Å²) in [6.07, 6.45) is -24.0. The Balaban J connectivity index is 1.13. The Hall–Kier alpha value is -3.08. The molecule has 0 bridgehead atoms. The number of allylic oxidation sites excluding steroid dienone is 3. The minimum Gasteiger partial charge on any atom is -0.479 e. The van der Waals surface area contributed by atoms with E-state index in [2.05, 4.69) is 26.8 Å². The van der Waals surface area contributed by atoms with E-state index in [1.807, 2.05) is 13.8 Å². The molecule has 23 heteroatoms. The van der Waals surface area contributed by atoms with Crippen LogP contribution >= 0.6 is 0 Å². The minimum absolute atomic E-state index is 0.122. The fourth-order valence-electron chi connectivity index (χ4n) is 15.7. The third kappa shape index (κ3) is 9.65. The van der Waals surface area contributed by atoms with Gasteiger partial charge in [0.05, 0.1) is 36.3 Å². The summed E-state index contributed by atoms with van der Waals surface area (Å²) in [5.74, 6) is -3.96. The highest BCUT2D eigenvalue weighted by atomic mass is 16.8. The first-order valence-corrected chi connectivity index (χ1v) is 26.9. The molecule has 3 saturated heterocycles. The van der Waals surface area contributed by atoms with Crippen molar-refractivity contribution in [2.75, 3.05) is 19.8 Å². The number of carboxylic acids is 1. The van der Waals surface area contributed by atoms with Gasteiger partial charge in [0, 0.05) is 17.9 Å². The molecule has 4 saturated carbocycles. The summed E-state index contributed by atoms with van der Waals surface area (Å²) < 4.78 is 47.8. The fourth-order valence-corrected chi connectivity index (χ4v) is 15.7. The van der Waals surface area contributed by atoms with Crippen LogP contribution in [-0.2, 0) is 57.1 Å². The Morgan fingerprint density at radius 2 is 1.43 bits per heavy atom. The molecule has 23 nitrogen and oxygen atoms in total. The second kappa shape index (κ2) is 21.7. The van der Waals surface area contributed by atoms with Crippen LogP contribution in [0.1, 0.15) is 107 Å². The van der Waals surface area contributed by atoms with E-state index in [-0.39, 0.29) is 25.4 Å². The van der Waals surface area contributed by atoms with E-state index in [4.69, 9.17) is 37.9 Å². The first-order valence-electron chi connectivity index (χ1n) is 26.9. The monoisotopic (exact) mass is 1100 g/mol. The van der Waals surface area contributed by atoms with E-state index in [1.165, 1.54) is 6.92 Å². The number of ether oxygens (including phenoxy) is 8. The lowest BCUT2D eigenvalue weighted by Gasteiger charge is -2.72. The molecule has 3 aliphatic heterocycles. The quantitative estimate of drug-likeness (QED) is 0.0365. The molecule has 0 radical (unpaired) electrons. The van der Waals surface area contributed by atoms with Crippen LogP contribution in [0.2, 0.25) is 0 Å². The molecule has 8 aliphatic rings. The second-order valence-corrected chi connectivity index (χ2v) is 24.9. The zero-order valence-electron chi connectivity index (χ0n) is 45.2. The molecule has 436 valence electrons. The molecule has 26 atom stereocenters. The van der Waals surface area contributed by atoms with Crippen molar-refractivity contribution in [1.82, 2.24) is 0 Å². The van der Waals surface area contributed by atoms with E-state index in [9.17, 15) is 75.3 Å². The summed E-state index contributed by atoms with van der Waals surface area (Å²) in [7, 11) is 0. The maximum absolute atomic E-state index is 14.0. The van der Waals surface area contributed by atoms with Crippen LogP contribution in [-0.4, -0.2) is 211 Å². The first-order chi connectivity index (χ1) is 35.9. The Kier molecular flexibility index (Phi) is 16.9. The van der Waals surface area contributed by atoms with Gasteiger partial charge in [-0.05, 0) is 92.8 Å². The minimum atomic E-state index is -2.17. The smallest absolute Gasteiger partial charge is 0.335 e. The number of aliphatic carboxylic acids is 1. The summed E-state index contributed by atoms with van der Waals surface area (Å²) in [6.45, 7) is 14.9. The number of carboxylic acid groups (broad SMARTS) is 1. The standard InChI is InChI=1S/C54H82O23/c1-10-23(2)45(69)77-43-42(66)54(22-71-24(3)57)26(17-49(43,4)5)25-11-12-30-50(6)15-14-32(51(7,21-56)29(50)13-16-52(30,8)53(25,9)18-31(54)59)73-48-41(76-47-37(64)35(62)34(61)28(19-55)72-47)39(38(65)40(75-48)44(67)68)74-46-36(63)33(60)27(58)20-70-46/h10-11,21,26-43,46-48,55,58-66H,12-20,22H2,1-9H3,(H,67,68)/b23-10+/t26-,27+,28+,29+,30+,31+,32-,33+,34-,35-,36-,37+,38-,39-,40-,41+,42-,43-,46-,47-,48+,50-,51-,52+,53+,54-/m0/s1. The SMILES string of the molecule is C/C=C(\C)C(=O)O[C@H]1[C@H](O)[C@]2(COC(C)=O)[C@H](O)C[C@]3(C)C(=CC[C@@H]4[C@@]5(C)CC[C@H](O[C@@H]6O[C@H](C(=O)O)[C@@H](O)[C@H](O[C@@H]7OC[C@@H](O)[C@@H](O)[C@@H]7O)[C@H]6O[C@@H]6O[C@H](CO)[C@H](O)[C@H](O)[C@H]6O)[C@@](C)(C=O)[C@@H]5CC[C@]43C)[C@@H]2CC1(C)C. The molecule has 0 aromatic rings. The van der Waals surface area contributed by atoms with E-state index in [0.29, 0.717) is 37.7 Å². The first kappa shape index (κ1) is 60.0. The zero-order valence-corrected chi connectivity index (χ0v) is 45.2. The third-order valence-corrected chi connectivity index (χ3v) is 20.5. The lowest BCUT2D eigenvalue weighted by Crippen LogP contribution is -2.72. The topological polar surface area (TPSA) is 365 Å². The molecule has 0 aromatic heterocycles. The summed E-state index contributed by atoms with van der Waals surface area (Å²) in [5, 5.41) is 121. The van der Waals surface area contributed by atoms with E-state index in [1.54, 1.807) is 26.8 Å². The molecule has 5 aliphatic carbocycles. The molecule has 77 heavy (non-hydrogen) atoms.